The number of rotatable bonds is 4. The van der Waals surface area contributed by atoms with Crippen LogP contribution < -0.4 is 4.90 Å². The first-order chi connectivity index (χ1) is 11.6. The standard InChI is InChI=1S/C19H21ClN2O2/c1-14-4-2-3-5-17(14)21-10-12-22(13-11-21)18(19(23)24)15-6-8-16(20)9-7-15/h2-9,18H,10-13H2,1H3,(H,23,24)/t18-/m0/s1. The Bertz CT molecular complexity index is 710. The molecule has 1 fully saturated rings. The van der Waals surface area contributed by atoms with Crippen molar-refractivity contribution in [3.8, 4) is 0 Å². The normalized spacial score (nSPS) is 16.8. The van der Waals surface area contributed by atoms with E-state index in [0.29, 0.717) is 18.1 Å². The third kappa shape index (κ3) is 3.55. The molecule has 0 radical (unpaired) electrons. The van der Waals surface area contributed by atoms with Crippen molar-refractivity contribution in [2.75, 3.05) is 31.1 Å². The lowest BCUT2D eigenvalue weighted by atomic mass is 10.0. The maximum absolute atomic E-state index is 11.8. The van der Waals surface area contributed by atoms with Crippen molar-refractivity contribution < 1.29 is 9.90 Å². The lowest BCUT2D eigenvalue weighted by Gasteiger charge is -2.39. The van der Waals surface area contributed by atoms with Crippen LogP contribution in [0.15, 0.2) is 48.5 Å². The Labute approximate surface area is 147 Å². The molecular formula is C19H21ClN2O2. The molecule has 1 aliphatic rings. The Morgan fingerprint density at radius 1 is 1.04 bits per heavy atom. The van der Waals surface area contributed by atoms with Crippen LogP contribution in [0.1, 0.15) is 17.2 Å². The van der Waals surface area contributed by atoms with E-state index < -0.39 is 12.0 Å². The molecule has 0 bridgehead atoms. The monoisotopic (exact) mass is 344 g/mol. The molecule has 0 aromatic heterocycles. The van der Waals surface area contributed by atoms with Crippen LogP contribution in [0, 0.1) is 6.92 Å². The van der Waals surface area contributed by atoms with Gasteiger partial charge in [-0.15, -0.1) is 0 Å². The summed E-state index contributed by atoms with van der Waals surface area (Å²) in [5.74, 6) is -0.818. The van der Waals surface area contributed by atoms with E-state index in [1.54, 1.807) is 24.3 Å². The van der Waals surface area contributed by atoms with Crippen LogP contribution in [0.3, 0.4) is 0 Å². The molecule has 0 unspecified atom stereocenters. The SMILES string of the molecule is Cc1ccccc1N1CCN([C@H](C(=O)O)c2ccc(Cl)cc2)CC1. The van der Waals surface area contributed by atoms with Gasteiger partial charge in [-0.2, -0.15) is 0 Å². The predicted octanol–water partition coefficient (Wildman–Crippen LogP) is 3.60. The zero-order valence-corrected chi connectivity index (χ0v) is 14.4. The smallest absolute Gasteiger partial charge is 0.325 e. The molecule has 1 N–H and O–H groups in total. The second-order valence-electron chi connectivity index (χ2n) is 6.10. The number of hydrogen-bond acceptors (Lipinski definition) is 3. The number of carboxylic acid groups (broad SMARTS) is 1. The summed E-state index contributed by atoms with van der Waals surface area (Å²) in [5.41, 5.74) is 3.25. The number of carbonyl (C=O) groups is 1. The van der Waals surface area contributed by atoms with E-state index in [-0.39, 0.29) is 0 Å². The van der Waals surface area contributed by atoms with Crippen molar-refractivity contribution in [2.45, 2.75) is 13.0 Å². The summed E-state index contributed by atoms with van der Waals surface area (Å²) in [6, 6.07) is 14.8. The van der Waals surface area contributed by atoms with Crippen molar-refractivity contribution in [2.24, 2.45) is 0 Å². The zero-order chi connectivity index (χ0) is 17.1. The van der Waals surface area contributed by atoms with Crippen LogP contribution in [-0.4, -0.2) is 42.2 Å². The van der Waals surface area contributed by atoms with Crippen LogP contribution >= 0.6 is 11.6 Å². The fraction of sp³-hybridized carbons (Fsp3) is 0.316. The van der Waals surface area contributed by atoms with Gasteiger partial charge in [-0.1, -0.05) is 41.9 Å². The van der Waals surface area contributed by atoms with Gasteiger partial charge in [0.05, 0.1) is 0 Å². The number of nitrogens with zero attached hydrogens (tertiary/aromatic N) is 2. The van der Waals surface area contributed by atoms with E-state index in [0.717, 1.165) is 18.7 Å². The van der Waals surface area contributed by atoms with Crippen molar-refractivity contribution >= 4 is 23.3 Å². The first kappa shape index (κ1) is 16.8. The van der Waals surface area contributed by atoms with E-state index in [9.17, 15) is 9.90 Å². The minimum absolute atomic E-state index is 0.618. The summed E-state index contributed by atoms with van der Waals surface area (Å²) < 4.78 is 0. The van der Waals surface area contributed by atoms with Crippen LogP contribution in [0.25, 0.3) is 0 Å². The van der Waals surface area contributed by atoms with Gasteiger partial charge in [0, 0.05) is 36.9 Å². The molecule has 3 rings (SSSR count). The van der Waals surface area contributed by atoms with Crippen LogP contribution in [0.5, 0.6) is 0 Å². The topological polar surface area (TPSA) is 43.8 Å². The van der Waals surface area contributed by atoms with Gasteiger partial charge in [-0.25, -0.2) is 0 Å². The molecule has 1 aliphatic heterocycles. The van der Waals surface area contributed by atoms with Gasteiger partial charge in [0.2, 0.25) is 0 Å². The molecule has 0 amide bonds. The van der Waals surface area contributed by atoms with E-state index in [4.69, 9.17) is 11.6 Å². The maximum Gasteiger partial charge on any atom is 0.325 e. The van der Waals surface area contributed by atoms with E-state index >= 15 is 0 Å². The summed E-state index contributed by atoms with van der Waals surface area (Å²) in [6.45, 7) is 5.18. The molecule has 1 heterocycles. The highest BCUT2D eigenvalue weighted by molar-refractivity contribution is 6.30. The van der Waals surface area contributed by atoms with Gasteiger partial charge in [0.15, 0.2) is 0 Å². The summed E-state index contributed by atoms with van der Waals surface area (Å²) in [4.78, 5) is 16.2. The Morgan fingerprint density at radius 2 is 1.67 bits per heavy atom. The molecule has 2 aromatic rings. The second-order valence-corrected chi connectivity index (χ2v) is 6.54. The third-order valence-electron chi connectivity index (χ3n) is 4.56. The minimum atomic E-state index is -0.818. The Kier molecular flexibility index (Phi) is 5.07. The maximum atomic E-state index is 11.8. The quantitative estimate of drug-likeness (QED) is 0.920. The summed E-state index contributed by atoms with van der Waals surface area (Å²) in [7, 11) is 0. The van der Waals surface area contributed by atoms with E-state index in [1.165, 1.54) is 11.3 Å². The van der Waals surface area contributed by atoms with Gasteiger partial charge in [0.1, 0.15) is 6.04 Å². The number of halogens is 1. The molecule has 0 spiro atoms. The fourth-order valence-electron chi connectivity index (χ4n) is 3.29. The third-order valence-corrected chi connectivity index (χ3v) is 4.81. The largest absolute Gasteiger partial charge is 0.480 e. The van der Waals surface area contributed by atoms with Gasteiger partial charge in [-0.05, 0) is 36.2 Å². The number of para-hydroxylation sites is 1. The number of aryl methyl sites for hydroxylation is 1. The van der Waals surface area contributed by atoms with Crippen LogP contribution in [0.4, 0.5) is 5.69 Å². The van der Waals surface area contributed by atoms with E-state index in [1.807, 2.05) is 17.0 Å². The van der Waals surface area contributed by atoms with Gasteiger partial charge < -0.3 is 10.0 Å². The Morgan fingerprint density at radius 3 is 2.25 bits per heavy atom. The minimum Gasteiger partial charge on any atom is -0.480 e. The van der Waals surface area contributed by atoms with Gasteiger partial charge in [0.25, 0.3) is 0 Å². The molecule has 24 heavy (non-hydrogen) atoms. The number of carboxylic acids is 1. The lowest BCUT2D eigenvalue weighted by Crippen LogP contribution is -2.49. The number of piperazine rings is 1. The van der Waals surface area contributed by atoms with Crippen molar-refractivity contribution in [3.63, 3.8) is 0 Å². The molecular weight excluding hydrogens is 324 g/mol. The summed E-state index contributed by atoms with van der Waals surface area (Å²) in [5, 5.41) is 10.3. The highest BCUT2D eigenvalue weighted by atomic mass is 35.5. The molecule has 126 valence electrons. The average Bonchev–Trinajstić information content (AvgIpc) is 2.58. The van der Waals surface area contributed by atoms with Gasteiger partial charge in [-0.3, -0.25) is 9.69 Å². The molecule has 2 aromatic carbocycles. The zero-order valence-electron chi connectivity index (χ0n) is 13.7. The van der Waals surface area contributed by atoms with Crippen molar-refractivity contribution in [1.29, 1.82) is 0 Å². The van der Waals surface area contributed by atoms with E-state index in [2.05, 4.69) is 24.0 Å². The molecule has 1 atom stereocenters. The molecule has 0 aliphatic carbocycles. The highest BCUT2D eigenvalue weighted by Gasteiger charge is 2.30. The number of anilines is 1. The van der Waals surface area contributed by atoms with Crippen LogP contribution in [-0.2, 0) is 4.79 Å². The average molecular weight is 345 g/mol. The highest BCUT2D eigenvalue weighted by Crippen LogP contribution is 2.26. The first-order valence-electron chi connectivity index (χ1n) is 8.09. The number of benzene rings is 2. The van der Waals surface area contributed by atoms with Crippen molar-refractivity contribution in [1.82, 2.24) is 4.90 Å². The predicted molar refractivity (Wildman–Crippen MR) is 96.8 cm³/mol. The van der Waals surface area contributed by atoms with Gasteiger partial charge >= 0.3 is 5.97 Å². The number of aliphatic carboxylic acids is 1. The molecule has 0 saturated carbocycles. The first-order valence-corrected chi connectivity index (χ1v) is 8.47. The summed E-state index contributed by atoms with van der Waals surface area (Å²) in [6.07, 6.45) is 0. The van der Waals surface area contributed by atoms with Crippen molar-refractivity contribution in [3.05, 3.63) is 64.7 Å². The second kappa shape index (κ2) is 7.24. The molecule has 4 nitrogen and oxygen atoms in total. The van der Waals surface area contributed by atoms with Crippen LogP contribution in [0.2, 0.25) is 5.02 Å². The lowest BCUT2D eigenvalue weighted by molar-refractivity contribution is -0.143. The molecule has 1 saturated heterocycles. The Hall–Kier alpha value is -2.04. The molecule has 5 heteroatoms. The fourth-order valence-corrected chi connectivity index (χ4v) is 3.42. The summed E-state index contributed by atoms with van der Waals surface area (Å²) >= 11 is 5.92. The Balaban J connectivity index is 1.73. The number of hydrogen-bond donors (Lipinski definition) is 1.